The van der Waals surface area contributed by atoms with Gasteiger partial charge in [0.2, 0.25) is 5.91 Å². The number of carbonyl (C=O) groups excluding carboxylic acids is 2. The van der Waals surface area contributed by atoms with Crippen molar-refractivity contribution in [2.45, 2.75) is 33.0 Å². The third kappa shape index (κ3) is 4.90. The molecule has 0 aliphatic rings. The first-order chi connectivity index (χ1) is 11.9. The van der Waals surface area contributed by atoms with Gasteiger partial charge < -0.3 is 20.2 Å². The van der Waals surface area contributed by atoms with Gasteiger partial charge in [0.15, 0.2) is 5.76 Å². The lowest BCUT2D eigenvalue weighted by Gasteiger charge is -2.21. The zero-order valence-electron chi connectivity index (χ0n) is 14.1. The van der Waals surface area contributed by atoms with Gasteiger partial charge in [0.1, 0.15) is 11.9 Å². The van der Waals surface area contributed by atoms with Gasteiger partial charge in [0.05, 0.1) is 12.9 Å². The lowest BCUT2D eigenvalue weighted by atomic mass is 10.0. The molecule has 1 unspecified atom stereocenters. The molecule has 3 N–H and O–H groups in total. The minimum Gasteiger partial charge on any atom is -0.459 e. The van der Waals surface area contributed by atoms with Crippen molar-refractivity contribution in [2.24, 2.45) is 5.92 Å². The number of benzene rings is 1. The molecule has 1 atom stereocenters. The number of halogens is 1. The van der Waals surface area contributed by atoms with Crippen LogP contribution < -0.4 is 10.6 Å². The van der Waals surface area contributed by atoms with Crippen LogP contribution in [0.3, 0.4) is 0 Å². The fourth-order valence-corrected chi connectivity index (χ4v) is 2.31. The van der Waals surface area contributed by atoms with Gasteiger partial charge in [-0.05, 0) is 35.7 Å². The molecule has 1 heterocycles. The summed E-state index contributed by atoms with van der Waals surface area (Å²) in [6.45, 7) is 3.37. The maximum Gasteiger partial charge on any atom is 0.287 e. The molecule has 1 aromatic carbocycles. The number of amides is 2. The van der Waals surface area contributed by atoms with Gasteiger partial charge in [-0.3, -0.25) is 9.59 Å². The summed E-state index contributed by atoms with van der Waals surface area (Å²) in [4.78, 5) is 24.5. The van der Waals surface area contributed by atoms with Crippen LogP contribution >= 0.6 is 0 Å². The average Bonchev–Trinajstić information content (AvgIpc) is 3.12. The Hall–Kier alpha value is -2.67. The van der Waals surface area contributed by atoms with E-state index in [0.29, 0.717) is 5.56 Å². The van der Waals surface area contributed by atoms with E-state index in [4.69, 9.17) is 9.52 Å². The largest absolute Gasteiger partial charge is 0.459 e. The van der Waals surface area contributed by atoms with E-state index in [1.807, 2.05) is 13.8 Å². The Labute approximate surface area is 145 Å². The Bertz CT molecular complexity index is 729. The number of rotatable bonds is 7. The second kappa shape index (κ2) is 8.43. The molecular weight excluding hydrogens is 327 g/mol. The van der Waals surface area contributed by atoms with E-state index in [1.165, 1.54) is 30.5 Å². The van der Waals surface area contributed by atoms with E-state index >= 15 is 0 Å². The van der Waals surface area contributed by atoms with E-state index in [2.05, 4.69) is 10.6 Å². The van der Waals surface area contributed by atoms with Gasteiger partial charge in [0.25, 0.3) is 5.91 Å². The van der Waals surface area contributed by atoms with Crippen molar-refractivity contribution in [2.75, 3.05) is 0 Å². The summed E-state index contributed by atoms with van der Waals surface area (Å²) in [6.07, 6.45) is 1.38. The minimum atomic E-state index is -0.740. The first-order valence-corrected chi connectivity index (χ1v) is 7.92. The topological polar surface area (TPSA) is 91.6 Å². The van der Waals surface area contributed by atoms with Crippen LogP contribution in [0.15, 0.2) is 41.0 Å². The standard InChI is InChI=1S/C18H21FN2O4/c1-11(2)16(21-17(23)15-4-3-7-25-15)18(24)20-9-12-5-6-14(19)13(8-12)10-22/h3-8,11,16,22H,9-10H2,1-2H3,(H,20,24)(H,21,23). The lowest BCUT2D eigenvalue weighted by Crippen LogP contribution is -2.49. The Morgan fingerprint density at radius 2 is 2.04 bits per heavy atom. The highest BCUT2D eigenvalue weighted by molar-refractivity contribution is 5.95. The summed E-state index contributed by atoms with van der Waals surface area (Å²) >= 11 is 0. The molecular formula is C18H21FN2O4. The number of hydrogen-bond acceptors (Lipinski definition) is 4. The quantitative estimate of drug-likeness (QED) is 0.713. The van der Waals surface area contributed by atoms with Crippen molar-refractivity contribution < 1.29 is 23.5 Å². The molecule has 0 radical (unpaired) electrons. The van der Waals surface area contributed by atoms with E-state index in [-0.39, 0.29) is 29.7 Å². The fourth-order valence-electron chi connectivity index (χ4n) is 2.31. The summed E-state index contributed by atoms with van der Waals surface area (Å²) in [5, 5.41) is 14.4. The highest BCUT2D eigenvalue weighted by Crippen LogP contribution is 2.11. The number of furan rings is 1. The zero-order chi connectivity index (χ0) is 18.4. The first kappa shape index (κ1) is 18.7. The Morgan fingerprint density at radius 3 is 2.64 bits per heavy atom. The number of aliphatic hydroxyl groups excluding tert-OH is 1. The van der Waals surface area contributed by atoms with Crippen molar-refractivity contribution >= 4 is 11.8 Å². The van der Waals surface area contributed by atoms with Crippen LogP contribution in [0, 0.1) is 11.7 Å². The average molecular weight is 348 g/mol. The molecule has 0 bridgehead atoms. The van der Waals surface area contributed by atoms with E-state index < -0.39 is 24.4 Å². The first-order valence-electron chi connectivity index (χ1n) is 7.92. The fraction of sp³-hybridized carbons (Fsp3) is 0.333. The van der Waals surface area contributed by atoms with Crippen LogP contribution in [0.25, 0.3) is 0 Å². The second-order valence-corrected chi connectivity index (χ2v) is 5.97. The lowest BCUT2D eigenvalue weighted by molar-refractivity contribution is -0.124. The molecule has 134 valence electrons. The van der Waals surface area contributed by atoms with Gasteiger partial charge in [-0.1, -0.05) is 19.9 Å². The van der Waals surface area contributed by atoms with Crippen molar-refractivity contribution in [3.8, 4) is 0 Å². The number of carbonyl (C=O) groups is 2. The van der Waals surface area contributed by atoms with Crippen LogP contribution in [0.1, 0.15) is 35.5 Å². The van der Waals surface area contributed by atoms with Gasteiger partial charge in [-0.25, -0.2) is 4.39 Å². The third-order valence-corrected chi connectivity index (χ3v) is 3.73. The van der Waals surface area contributed by atoms with Crippen LogP contribution in [-0.2, 0) is 17.9 Å². The molecule has 0 spiro atoms. The molecule has 7 heteroatoms. The summed E-state index contributed by atoms with van der Waals surface area (Å²) in [7, 11) is 0. The molecule has 0 aliphatic heterocycles. The molecule has 0 saturated carbocycles. The van der Waals surface area contributed by atoms with Crippen LogP contribution in [0.4, 0.5) is 4.39 Å². The highest BCUT2D eigenvalue weighted by Gasteiger charge is 2.25. The van der Waals surface area contributed by atoms with Crippen molar-refractivity contribution in [3.63, 3.8) is 0 Å². The van der Waals surface area contributed by atoms with Gasteiger partial charge in [-0.2, -0.15) is 0 Å². The van der Waals surface area contributed by atoms with Crippen molar-refractivity contribution in [1.29, 1.82) is 0 Å². The molecule has 2 rings (SSSR count). The number of hydrogen-bond donors (Lipinski definition) is 3. The van der Waals surface area contributed by atoms with Gasteiger partial charge in [0, 0.05) is 12.1 Å². The van der Waals surface area contributed by atoms with E-state index in [9.17, 15) is 14.0 Å². The maximum atomic E-state index is 13.4. The van der Waals surface area contributed by atoms with E-state index in [0.717, 1.165) is 0 Å². The number of aliphatic hydroxyl groups is 1. The Balaban J connectivity index is 1.99. The maximum absolute atomic E-state index is 13.4. The zero-order valence-corrected chi connectivity index (χ0v) is 14.1. The summed E-state index contributed by atoms with van der Waals surface area (Å²) < 4.78 is 18.4. The molecule has 0 saturated heterocycles. The molecule has 6 nitrogen and oxygen atoms in total. The van der Waals surface area contributed by atoms with E-state index in [1.54, 1.807) is 6.07 Å². The highest BCUT2D eigenvalue weighted by atomic mass is 19.1. The summed E-state index contributed by atoms with van der Waals surface area (Å²) in [5.74, 6) is -1.33. The Morgan fingerprint density at radius 1 is 1.28 bits per heavy atom. The normalized spacial score (nSPS) is 12.0. The SMILES string of the molecule is CC(C)C(NC(=O)c1ccco1)C(=O)NCc1ccc(F)c(CO)c1. The predicted octanol–water partition coefficient (Wildman–Crippen LogP) is 1.98. The molecule has 1 aromatic heterocycles. The third-order valence-electron chi connectivity index (χ3n) is 3.73. The van der Waals surface area contributed by atoms with Crippen LogP contribution in [-0.4, -0.2) is 23.0 Å². The van der Waals surface area contributed by atoms with Gasteiger partial charge >= 0.3 is 0 Å². The number of nitrogens with one attached hydrogen (secondary N) is 2. The molecule has 2 aromatic rings. The molecule has 0 aliphatic carbocycles. The summed E-state index contributed by atoms with van der Waals surface area (Å²) in [6, 6.07) is 6.62. The minimum absolute atomic E-state index is 0.129. The Kier molecular flexibility index (Phi) is 6.30. The van der Waals surface area contributed by atoms with Gasteiger partial charge in [-0.15, -0.1) is 0 Å². The summed E-state index contributed by atoms with van der Waals surface area (Å²) in [5.41, 5.74) is 0.817. The second-order valence-electron chi connectivity index (χ2n) is 5.97. The molecule has 25 heavy (non-hydrogen) atoms. The monoisotopic (exact) mass is 348 g/mol. The smallest absolute Gasteiger partial charge is 0.287 e. The van der Waals surface area contributed by atoms with Crippen LogP contribution in [0.2, 0.25) is 0 Å². The van der Waals surface area contributed by atoms with Crippen molar-refractivity contribution in [1.82, 2.24) is 10.6 Å². The molecule has 2 amide bonds. The van der Waals surface area contributed by atoms with Crippen LogP contribution in [0.5, 0.6) is 0 Å². The van der Waals surface area contributed by atoms with Crippen molar-refractivity contribution in [3.05, 3.63) is 59.3 Å². The molecule has 0 fully saturated rings. The predicted molar refractivity (Wildman–Crippen MR) is 89.0 cm³/mol.